The van der Waals surface area contributed by atoms with Gasteiger partial charge in [0.1, 0.15) is 12.1 Å². The number of ether oxygens (including phenoxy) is 2. The predicted molar refractivity (Wildman–Crippen MR) is 95.5 cm³/mol. The number of imide groups is 1. The topological polar surface area (TPSA) is 113 Å². The summed E-state index contributed by atoms with van der Waals surface area (Å²) in [4.78, 5) is 43.3. The lowest BCUT2D eigenvalue weighted by Gasteiger charge is -2.37. The van der Waals surface area contributed by atoms with Crippen LogP contribution in [-0.4, -0.2) is 78.8 Å². The number of likely N-dealkylation sites (N-methyl/N-ethyl adjacent to an activating group) is 1. The number of rotatable bonds is 5. The third-order valence-electron chi connectivity index (χ3n) is 4.79. The van der Waals surface area contributed by atoms with E-state index in [9.17, 15) is 14.4 Å². The van der Waals surface area contributed by atoms with Crippen LogP contribution in [0.2, 0.25) is 0 Å². The molecule has 0 saturated carbocycles. The summed E-state index contributed by atoms with van der Waals surface area (Å²) < 4.78 is 10.3. The molecule has 2 saturated heterocycles. The van der Waals surface area contributed by atoms with Crippen LogP contribution in [0.3, 0.4) is 0 Å². The van der Waals surface area contributed by atoms with Crippen molar-refractivity contribution < 1.29 is 23.9 Å². The lowest BCUT2D eigenvalue weighted by atomic mass is 9.87. The Morgan fingerprint density at radius 2 is 2.04 bits per heavy atom. The Morgan fingerprint density at radius 3 is 2.59 bits per heavy atom. The maximum absolute atomic E-state index is 12.4. The summed E-state index contributed by atoms with van der Waals surface area (Å²) in [5, 5.41) is 5.53. The van der Waals surface area contributed by atoms with Gasteiger partial charge in [0.2, 0.25) is 5.88 Å². The van der Waals surface area contributed by atoms with E-state index in [1.807, 2.05) is 0 Å². The summed E-state index contributed by atoms with van der Waals surface area (Å²) in [7, 11) is 3.05. The van der Waals surface area contributed by atoms with Crippen LogP contribution in [0.15, 0.2) is 18.3 Å². The van der Waals surface area contributed by atoms with Gasteiger partial charge in [0.05, 0.1) is 18.5 Å². The van der Waals surface area contributed by atoms with E-state index >= 15 is 0 Å². The molecule has 0 radical (unpaired) electrons. The molecule has 0 aliphatic carbocycles. The number of aromatic nitrogens is 1. The van der Waals surface area contributed by atoms with Crippen molar-refractivity contribution >= 4 is 23.7 Å². The lowest BCUT2D eigenvalue weighted by molar-refractivity contribution is -0.131. The van der Waals surface area contributed by atoms with Crippen molar-refractivity contribution in [1.29, 1.82) is 0 Å². The number of anilines is 1. The van der Waals surface area contributed by atoms with Gasteiger partial charge in [-0.15, -0.1) is 0 Å². The van der Waals surface area contributed by atoms with Gasteiger partial charge in [-0.05, 0) is 18.9 Å². The number of methoxy groups -OCH3 is 1. The number of piperidine rings is 1. The zero-order valence-corrected chi connectivity index (χ0v) is 15.4. The van der Waals surface area contributed by atoms with Gasteiger partial charge in [-0.25, -0.2) is 14.6 Å². The average molecular weight is 377 g/mol. The highest BCUT2D eigenvalue weighted by Crippen LogP contribution is 2.29. The van der Waals surface area contributed by atoms with Gasteiger partial charge in [-0.3, -0.25) is 9.69 Å². The van der Waals surface area contributed by atoms with Crippen LogP contribution in [0.1, 0.15) is 12.8 Å². The number of nitrogens with zero attached hydrogens (tertiary/aromatic N) is 3. The van der Waals surface area contributed by atoms with E-state index in [0.29, 0.717) is 50.7 Å². The molecule has 1 aromatic heterocycles. The second kappa shape index (κ2) is 7.78. The largest absolute Gasteiger partial charge is 0.475 e. The molecule has 0 atom stereocenters. The van der Waals surface area contributed by atoms with Gasteiger partial charge >= 0.3 is 12.1 Å². The minimum absolute atomic E-state index is 0.235. The molecule has 0 aromatic carbocycles. The molecule has 2 fully saturated rings. The van der Waals surface area contributed by atoms with E-state index in [0.717, 1.165) is 4.90 Å². The van der Waals surface area contributed by atoms with Crippen molar-refractivity contribution in [3.8, 4) is 5.88 Å². The molecule has 2 N–H and O–H groups in total. The number of carbonyl (C=O) groups excluding carboxylic acids is 3. The van der Waals surface area contributed by atoms with Crippen LogP contribution < -0.4 is 15.4 Å². The molecule has 10 heteroatoms. The van der Waals surface area contributed by atoms with E-state index in [4.69, 9.17) is 9.47 Å². The first kappa shape index (κ1) is 18.9. The summed E-state index contributed by atoms with van der Waals surface area (Å²) in [5.41, 5.74) is -0.338. The number of amides is 5. The van der Waals surface area contributed by atoms with Crippen molar-refractivity contribution in [2.75, 3.05) is 45.8 Å². The minimum Gasteiger partial charge on any atom is -0.475 e. The quantitative estimate of drug-likeness (QED) is 0.576. The van der Waals surface area contributed by atoms with Gasteiger partial charge in [-0.2, -0.15) is 0 Å². The summed E-state index contributed by atoms with van der Waals surface area (Å²) in [6, 6.07) is 2.70. The number of hydrogen-bond acceptors (Lipinski definition) is 6. The Morgan fingerprint density at radius 1 is 1.30 bits per heavy atom. The van der Waals surface area contributed by atoms with Crippen LogP contribution >= 0.6 is 0 Å². The van der Waals surface area contributed by atoms with Gasteiger partial charge in [0.25, 0.3) is 5.91 Å². The molecule has 2 aliphatic heterocycles. The first-order valence-corrected chi connectivity index (χ1v) is 8.69. The Labute approximate surface area is 156 Å². The first-order valence-electron chi connectivity index (χ1n) is 8.69. The van der Waals surface area contributed by atoms with Crippen LogP contribution in [0.5, 0.6) is 5.88 Å². The van der Waals surface area contributed by atoms with Crippen molar-refractivity contribution in [2.45, 2.75) is 18.4 Å². The highest BCUT2D eigenvalue weighted by Gasteiger charge is 2.51. The Balaban J connectivity index is 1.51. The highest BCUT2D eigenvalue weighted by molar-refractivity contribution is 6.07. The molecule has 10 nitrogen and oxygen atoms in total. The molecule has 3 heterocycles. The van der Waals surface area contributed by atoms with E-state index in [1.165, 1.54) is 13.2 Å². The molecule has 0 unspecified atom stereocenters. The number of pyridine rings is 1. The molecule has 0 bridgehead atoms. The van der Waals surface area contributed by atoms with E-state index in [2.05, 4.69) is 15.6 Å². The van der Waals surface area contributed by atoms with Gasteiger partial charge in [-0.1, -0.05) is 0 Å². The minimum atomic E-state index is -0.884. The highest BCUT2D eigenvalue weighted by atomic mass is 16.5. The first-order chi connectivity index (χ1) is 12.9. The SMILES string of the molecule is COCCOc1ccc(NC(=O)N2CCC3(CC2)NC(=O)N(C)C3=O)cn1. The maximum Gasteiger partial charge on any atom is 0.324 e. The predicted octanol–water partition coefficient (Wildman–Crippen LogP) is 0.655. The van der Waals surface area contributed by atoms with Crippen molar-refractivity contribution in [3.63, 3.8) is 0 Å². The average Bonchev–Trinajstić information content (AvgIpc) is 2.87. The fourth-order valence-electron chi connectivity index (χ4n) is 3.16. The lowest BCUT2D eigenvalue weighted by Crippen LogP contribution is -2.56. The van der Waals surface area contributed by atoms with E-state index in [-0.39, 0.29) is 11.9 Å². The van der Waals surface area contributed by atoms with E-state index in [1.54, 1.807) is 24.1 Å². The summed E-state index contributed by atoms with van der Waals surface area (Å²) >= 11 is 0. The molecular weight excluding hydrogens is 354 g/mol. The smallest absolute Gasteiger partial charge is 0.324 e. The molecule has 2 aliphatic rings. The third-order valence-corrected chi connectivity index (χ3v) is 4.79. The molecule has 146 valence electrons. The van der Waals surface area contributed by atoms with Crippen molar-refractivity contribution in [2.24, 2.45) is 0 Å². The fourth-order valence-corrected chi connectivity index (χ4v) is 3.16. The third kappa shape index (κ3) is 3.95. The fraction of sp³-hybridized carbons (Fsp3) is 0.529. The normalized spacial score (nSPS) is 18.6. The number of hydrogen-bond donors (Lipinski definition) is 2. The van der Waals surface area contributed by atoms with Gasteiger partial charge in [0, 0.05) is 33.3 Å². The molecule has 3 rings (SSSR count). The Bertz CT molecular complexity index is 715. The standard InChI is InChI=1S/C17H23N5O5/c1-21-14(23)17(20-16(21)25)5-7-22(8-6-17)15(24)19-12-3-4-13(18-11-12)27-10-9-26-2/h3-4,11H,5-10H2,1-2H3,(H,19,24)(H,20,25). The number of urea groups is 2. The monoisotopic (exact) mass is 377 g/mol. The van der Waals surface area contributed by atoms with Gasteiger partial charge < -0.3 is 25.0 Å². The molecule has 1 aromatic rings. The summed E-state index contributed by atoms with van der Waals surface area (Å²) in [6.07, 6.45) is 2.29. The maximum atomic E-state index is 12.4. The summed E-state index contributed by atoms with van der Waals surface area (Å²) in [6.45, 7) is 1.61. The van der Waals surface area contributed by atoms with Crippen molar-refractivity contribution in [1.82, 2.24) is 20.1 Å². The zero-order valence-electron chi connectivity index (χ0n) is 15.4. The van der Waals surface area contributed by atoms with Gasteiger partial charge in [0.15, 0.2) is 0 Å². The second-order valence-electron chi connectivity index (χ2n) is 6.52. The van der Waals surface area contributed by atoms with Crippen LogP contribution in [-0.2, 0) is 9.53 Å². The second-order valence-corrected chi connectivity index (χ2v) is 6.52. The van der Waals surface area contributed by atoms with E-state index < -0.39 is 11.6 Å². The number of carbonyl (C=O) groups is 3. The molecular formula is C17H23N5O5. The zero-order chi connectivity index (χ0) is 19.4. The van der Waals surface area contributed by atoms with Crippen LogP contribution in [0.4, 0.5) is 15.3 Å². The van der Waals surface area contributed by atoms with Crippen LogP contribution in [0.25, 0.3) is 0 Å². The molecule has 5 amide bonds. The Hall–Kier alpha value is -2.88. The number of likely N-dealkylation sites (tertiary alicyclic amines) is 1. The summed E-state index contributed by atoms with van der Waals surface area (Å²) in [5.74, 6) is 0.213. The Kier molecular flexibility index (Phi) is 5.45. The van der Waals surface area contributed by atoms with Crippen molar-refractivity contribution in [3.05, 3.63) is 18.3 Å². The van der Waals surface area contributed by atoms with Crippen LogP contribution in [0, 0.1) is 0 Å². The molecule has 27 heavy (non-hydrogen) atoms. The number of nitrogens with one attached hydrogen (secondary N) is 2. The molecule has 1 spiro atoms.